The van der Waals surface area contributed by atoms with Crippen molar-refractivity contribution in [2.45, 2.75) is 45.8 Å². The van der Waals surface area contributed by atoms with Crippen LogP contribution in [0.2, 0.25) is 0 Å². The summed E-state index contributed by atoms with van der Waals surface area (Å²) < 4.78 is 5.09. The highest BCUT2D eigenvalue weighted by Gasteiger charge is 2.20. The molecule has 0 aliphatic heterocycles. The third-order valence-corrected chi connectivity index (χ3v) is 1.99. The molecule has 1 atom stereocenters. The lowest BCUT2D eigenvalue weighted by atomic mass is 10.2. The summed E-state index contributed by atoms with van der Waals surface area (Å²) in [6.07, 6.45) is -0.823. The van der Waals surface area contributed by atoms with Gasteiger partial charge in [-0.3, -0.25) is 9.89 Å². The molecule has 0 aliphatic rings. The van der Waals surface area contributed by atoms with Crippen LogP contribution >= 0.6 is 0 Å². The van der Waals surface area contributed by atoms with Crippen molar-refractivity contribution in [1.29, 1.82) is 0 Å². The lowest BCUT2D eigenvalue weighted by molar-refractivity contribution is -0.136. The summed E-state index contributed by atoms with van der Waals surface area (Å²) in [4.78, 5) is 26.0. The molecular formula is C11H18N4O4. The van der Waals surface area contributed by atoms with E-state index in [0.717, 1.165) is 0 Å². The number of alkyl carbamates (subject to hydrolysis) is 1. The van der Waals surface area contributed by atoms with Crippen LogP contribution < -0.4 is 5.32 Å². The second kappa shape index (κ2) is 5.68. The summed E-state index contributed by atoms with van der Waals surface area (Å²) >= 11 is 0. The number of rotatable bonds is 4. The third kappa shape index (κ3) is 5.36. The Morgan fingerprint density at radius 3 is 2.63 bits per heavy atom. The maximum atomic E-state index is 11.5. The molecule has 1 rings (SSSR count). The molecule has 0 bridgehead atoms. The second-order valence-corrected chi connectivity index (χ2v) is 5.08. The van der Waals surface area contributed by atoms with Gasteiger partial charge >= 0.3 is 12.1 Å². The number of carboxylic acid groups (broad SMARTS) is 1. The van der Waals surface area contributed by atoms with E-state index >= 15 is 0 Å². The fourth-order valence-electron chi connectivity index (χ4n) is 1.27. The lowest BCUT2D eigenvalue weighted by Crippen LogP contribution is -2.34. The third-order valence-electron chi connectivity index (χ3n) is 1.99. The van der Waals surface area contributed by atoms with Crippen LogP contribution in [0.5, 0.6) is 0 Å². The highest BCUT2D eigenvalue weighted by atomic mass is 16.6. The Morgan fingerprint density at radius 2 is 2.11 bits per heavy atom. The summed E-state index contributed by atoms with van der Waals surface area (Å²) in [5.74, 6) is -0.460. The van der Waals surface area contributed by atoms with Gasteiger partial charge in [-0.25, -0.2) is 9.78 Å². The Hall–Kier alpha value is -2.12. The first-order valence-corrected chi connectivity index (χ1v) is 5.80. The molecule has 0 unspecified atom stereocenters. The van der Waals surface area contributed by atoms with E-state index in [1.165, 1.54) is 0 Å². The van der Waals surface area contributed by atoms with E-state index in [4.69, 9.17) is 9.84 Å². The van der Waals surface area contributed by atoms with Crippen LogP contribution in [0, 0.1) is 0 Å². The predicted octanol–water partition coefficient (Wildman–Crippen LogP) is 1.02. The maximum absolute atomic E-state index is 11.5. The van der Waals surface area contributed by atoms with Crippen molar-refractivity contribution < 1.29 is 19.4 Å². The number of hydrogen-bond acceptors (Lipinski definition) is 5. The van der Waals surface area contributed by atoms with Crippen molar-refractivity contribution >= 4 is 12.1 Å². The quantitative estimate of drug-likeness (QED) is 0.751. The van der Waals surface area contributed by atoms with E-state index in [1.54, 1.807) is 27.7 Å². The molecule has 106 valence electrons. The van der Waals surface area contributed by atoms with E-state index in [9.17, 15) is 9.59 Å². The number of carbonyl (C=O) groups is 2. The molecule has 0 aromatic carbocycles. The Kier molecular flexibility index (Phi) is 4.47. The molecule has 1 aromatic rings. The lowest BCUT2D eigenvalue weighted by Gasteiger charge is -2.21. The molecule has 8 heteroatoms. The molecule has 0 saturated carbocycles. The van der Waals surface area contributed by atoms with Crippen LogP contribution in [0.15, 0.2) is 0 Å². The molecular weight excluding hydrogens is 252 g/mol. The average Bonchev–Trinajstić information content (AvgIpc) is 2.61. The number of aliphatic carboxylic acids is 1. The minimum atomic E-state index is -1.00. The number of amides is 1. The number of carboxylic acids is 1. The van der Waals surface area contributed by atoms with Crippen LogP contribution in [0.3, 0.4) is 0 Å². The minimum absolute atomic E-state index is 0.236. The number of hydrogen-bond donors (Lipinski definition) is 3. The van der Waals surface area contributed by atoms with Gasteiger partial charge in [0.25, 0.3) is 0 Å². The number of carbonyl (C=O) groups excluding carboxylic acids is 1. The van der Waals surface area contributed by atoms with Gasteiger partial charge in [0.15, 0.2) is 5.82 Å². The van der Waals surface area contributed by atoms with Crippen LogP contribution in [0.1, 0.15) is 45.4 Å². The SMILES string of the molecule is C[C@@H](NC(=O)OC(C)(C)C)c1n[nH]c(CC(=O)O)n1. The summed E-state index contributed by atoms with van der Waals surface area (Å²) in [6, 6.07) is -0.478. The maximum Gasteiger partial charge on any atom is 0.408 e. The molecule has 0 spiro atoms. The summed E-state index contributed by atoms with van der Waals surface area (Å²) in [7, 11) is 0. The van der Waals surface area contributed by atoms with E-state index in [-0.39, 0.29) is 12.2 Å². The molecule has 1 amide bonds. The van der Waals surface area contributed by atoms with Crippen molar-refractivity contribution in [3.05, 3.63) is 11.6 Å². The predicted molar refractivity (Wildman–Crippen MR) is 65.5 cm³/mol. The smallest absolute Gasteiger partial charge is 0.408 e. The summed E-state index contributed by atoms with van der Waals surface area (Å²) in [5.41, 5.74) is -0.586. The van der Waals surface area contributed by atoms with E-state index < -0.39 is 23.7 Å². The second-order valence-electron chi connectivity index (χ2n) is 5.08. The Bertz CT molecular complexity index is 464. The number of H-pyrrole nitrogens is 1. The van der Waals surface area contributed by atoms with Crippen molar-refractivity contribution in [3.63, 3.8) is 0 Å². The van der Waals surface area contributed by atoms with Gasteiger partial charge in [0.1, 0.15) is 17.8 Å². The number of aromatic amines is 1. The zero-order chi connectivity index (χ0) is 14.6. The monoisotopic (exact) mass is 270 g/mol. The topological polar surface area (TPSA) is 117 Å². The van der Waals surface area contributed by atoms with Gasteiger partial charge in [0.05, 0.1) is 6.04 Å². The molecule has 0 fully saturated rings. The van der Waals surface area contributed by atoms with Gasteiger partial charge in [-0.05, 0) is 27.7 Å². The molecule has 0 aliphatic carbocycles. The molecule has 0 radical (unpaired) electrons. The van der Waals surface area contributed by atoms with Crippen molar-refractivity contribution in [3.8, 4) is 0 Å². The van der Waals surface area contributed by atoms with Crippen molar-refractivity contribution in [1.82, 2.24) is 20.5 Å². The molecule has 8 nitrogen and oxygen atoms in total. The van der Waals surface area contributed by atoms with Crippen molar-refractivity contribution in [2.75, 3.05) is 0 Å². The Labute approximate surface area is 110 Å². The zero-order valence-corrected chi connectivity index (χ0v) is 11.4. The summed E-state index contributed by atoms with van der Waals surface area (Å²) in [5, 5.41) is 17.5. The molecule has 19 heavy (non-hydrogen) atoms. The minimum Gasteiger partial charge on any atom is -0.481 e. The average molecular weight is 270 g/mol. The van der Waals surface area contributed by atoms with Gasteiger partial charge in [-0.1, -0.05) is 0 Å². The zero-order valence-electron chi connectivity index (χ0n) is 11.4. The number of ether oxygens (including phenoxy) is 1. The highest BCUT2D eigenvalue weighted by molar-refractivity contribution is 5.69. The Balaban J connectivity index is 2.58. The first-order valence-electron chi connectivity index (χ1n) is 5.80. The van der Waals surface area contributed by atoms with E-state index in [2.05, 4.69) is 20.5 Å². The van der Waals surface area contributed by atoms with Crippen LogP contribution in [0.25, 0.3) is 0 Å². The summed E-state index contributed by atoms with van der Waals surface area (Å²) in [6.45, 7) is 6.96. The number of aromatic nitrogens is 3. The standard InChI is InChI=1S/C11H18N4O4/c1-6(12-10(18)19-11(2,3)4)9-13-7(14-15-9)5-8(16)17/h6H,5H2,1-4H3,(H,12,18)(H,16,17)(H,13,14,15)/t6-/m1/s1. The van der Waals surface area contributed by atoms with Crippen LogP contribution in [-0.4, -0.2) is 38.0 Å². The van der Waals surface area contributed by atoms with Gasteiger partial charge in [-0.2, -0.15) is 5.10 Å². The van der Waals surface area contributed by atoms with E-state index in [1.807, 2.05) is 0 Å². The number of nitrogens with zero attached hydrogens (tertiary/aromatic N) is 2. The van der Waals surface area contributed by atoms with Crippen LogP contribution in [-0.2, 0) is 16.0 Å². The van der Waals surface area contributed by atoms with Crippen LogP contribution in [0.4, 0.5) is 4.79 Å². The first-order chi connectivity index (χ1) is 8.67. The molecule has 3 N–H and O–H groups in total. The fourth-order valence-corrected chi connectivity index (χ4v) is 1.27. The molecule has 0 saturated heterocycles. The molecule has 1 heterocycles. The highest BCUT2D eigenvalue weighted by Crippen LogP contribution is 2.10. The van der Waals surface area contributed by atoms with Gasteiger partial charge < -0.3 is 15.2 Å². The first kappa shape index (κ1) is 14.9. The van der Waals surface area contributed by atoms with Gasteiger partial charge in [-0.15, -0.1) is 0 Å². The van der Waals surface area contributed by atoms with Gasteiger partial charge in [0, 0.05) is 0 Å². The van der Waals surface area contributed by atoms with Gasteiger partial charge in [0.2, 0.25) is 0 Å². The van der Waals surface area contributed by atoms with E-state index in [0.29, 0.717) is 5.82 Å². The largest absolute Gasteiger partial charge is 0.481 e. The normalized spacial score (nSPS) is 12.8. The number of nitrogens with one attached hydrogen (secondary N) is 2. The molecule has 1 aromatic heterocycles. The van der Waals surface area contributed by atoms with Crippen molar-refractivity contribution in [2.24, 2.45) is 0 Å². The Morgan fingerprint density at radius 1 is 1.47 bits per heavy atom. The fraction of sp³-hybridized carbons (Fsp3) is 0.636.